The highest BCUT2D eigenvalue weighted by Gasteiger charge is 1.96. The second-order valence-electron chi connectivity index (χ2n) is 3.62. The van der Waals surface area contributed by atoms with Gasteiger partial charge in [0.2, 0.25) is 5.78 Å². The largest absolute Gasteiger partial charge is 0.373 e. The number of carbonyl (C=O) groups is 1. The van der Waals surface area contributed by atoms with E-state index >= 15 is 0 Å². The third-order valence-electron chi connectivity index (χ3n) is 2.13. The molecule has 1 N–H and O–H groups in total. The van der Waals surface area contributed by atoms with E-state index in [2.05, 4.69) is 27.5 Å². The molecular formula is C12H18N4O2. The Bertz CT molecular complexity index is 392. The van der Waals surface area contributed by atoms with Gasteiger partial charge in [0, 0.05) is 19.3 Å². The highest BCUT2D eigenvalue weighted by Crippen LogP contribution is 1.83. The molecule has 0 unspecified atom stereocenters. The molecule has 0 spiro atoms. The zero-order chi connectivity index (χ0) is 13.1. The molecule has 0 saturated carbocycles. The number of nitrogens with one attached hydrogen (secondary N) is 1. The van der Waals surface area contributed by atoms with Crippen LogP contribution in [0.25, 0.3) is 0 Å². The summed E-state index contributed by atoms with van der Waals surface area (Å²) in [6.45, 7) is 4.77. The van der Waals surface area contributed by atoms with Crippen LogP contribution in [0.3, 0.4) is 0 Å². The van der Waals surface area contributed by atoms with Gasteiger partial charge < -0.3 is 10.1 Å². The molecule has 0 saturated heterocycles. The first-order chi connectivity index (χ1) is 8.83. The maximum Gasteiger partial charge on any atom is 0.231 e. The molecule has 1 aromatic rings. The number of carbonyl (C=O) groups excluding carboxylic acids is 1. The summed E-state index contributed by atoms with van der Waals surface area (Å²) in [4.78, 5) is 11.0. The first-order valence-corrected chi connectivity index (χ1v) is 5.91. The highest BCUT2D eigenvalue weighted by atomic mass is 16.5. The predicted molar refractivity (Wildman–Crippen MR) is 66.8 cm³/mol. The Morgan fingerprint density at radius 2 is 2.39 bits per heavy atom. The average molecular weight is 250 g/mol. The van der Waals surface area contributed by atoms with Crippen LogP contribution >= 0.6 is 0 Å². The van der Waals surface area contributed by atoms with Crippen molar-refractivity contribution in [3.63, 3.8) is 0 Å². The molecular weight excluding hydrogens is 232 g/mol. The van der Waals surface area contributed by atoms with Crippen LogP contribution in [0.1, 0.15) is 13.3 Å². The Labute approximate surface area is 107 Å². The summed E-state index contributed by atoms with van der Waals surface area (Å²) in [5.74, 6) is 4.80. The van der Waals surface area contributed by atoms with Gasteiger partial charge in [-0.2, -0.15) is 0 Å². The molecule has 0 radical (unpaired) electrons. The lowest BCUT2D eigenvalue weighted by atomic mass is 10.4. The Morgan fingerprint density at radius 1 is 1.50 bits per heavy atom. The van der Waals surface area contributed by atoms with Crippen molar-refractivity contribution >= 4 is 5.78 Å². The van der Waals surface area contributed by atoms with Crippen molar-refractivity contribution in [2.75, 3.05) is 26.3 Å². The molecule has 1 aromatic heterocycles. The minimum absolute atomic E-state index is 0.0831. The summed E-state index contributed by atoms with van der Waals surface area (Å²) in [6, 6.07) is 0. The van der Waals surface area contributed by atoms with Crippen LogP contribution in [-0.4, -0.2) is 47.1 Å². The maximum atomic E-state index is 11.0. The van der Waals surface area contributed by atoms with Gasteiger partial charge in [-0.05, 0) is 25.8 Å². The molecule has 1 rings (SSSR count). The van der Waals surface area contributed by atoms with E-state index in [0.717, 1.165) is 26.1 Å². The molecule has 6 nitrogen and oxygen atoms in total. The van der Waals surface area contributed by atoms with Crippen molar-refractivity contribution in [3.8, 4) is 11.8 Å². The van der Waals surface area contributed by atoms with Crippen molar-refractivity contribution in [1.29, 1.82) is 0 Å². The molecule has 0 aliphatic rings. The van der Waals surface area contributed by atoms with Crippen molar-refractivity contribution in [1.82, 2.24) is 20.3 Å². The third kappa shape index (κ3) is 6.78. The monoisotopic (exact) mass is 250 g/mol. The minimum atomic E-state index is -0.170. The van der Waals surface area contributed by atoms with Gasteiger partial charge in [-0.15, -0.1) is 5.10 Å². The van der Waals surface area contributed by atoms with Crippen LogP contribution in [0, 0.1) is 11.8 Å². The molecule has 0 aromatic carbocycles. The van der Waals surface area contributed by atoms with Crippen LogP contribution in [0.2, 0.25) is 0 Å². The van der Waals surface area contributed by atoms with Gasteiger partial charge in [-0.1, -0.05) is 11.1 Å². The molecule has 0 fully saturated rings. The van der Waals surface area contributed by atoms with Crippen molar-refractivity contribution in [3.05, 3.63) is 12.4 Å². The van der Waals surface area contributed by atoms with Gasteiger partial charge in [0.1, 0.15) is 6.61 Å². The third-order valence-corrected chi connectivity index (χ3v) is 2.13. The van der Waals surface area contributed by atoms with E-state index < -0.39 is 0 Å². The van der Waals surface area contributed by atoms with Gasteiger partial charge >= 0.3 is 0 Å². The number of hydrogen-bond donors (Lipinski definition) is 1. The van der Waals surface area contributed by atoms with Gasteiger partial charge in [0.05, 0.1) is 12.7 Å². The topological polar surface area (TPSA) is 69.0 Å². The standard InChI is InChI=1S/C12H18N4O2/c1-2-4-12(17)11-18-10-3-5-13-6-8-16-9-7-14-15-16/h7,9,13H,3,5-6,8,10-11H2,1H3. The summed E-state index contributed by atoms with van der Waals surface area (Å²) >= 11 is 0. The number of Topliss-reactive ketones (excluding diaryl/α,β-unsaturated/α-hetero) is 1. The lowest BCUT2D eigenvalue weighted by molar-refractivity contribution is -0.118. The van der Waals surface area contributed by atoms with Crippen LogP contribution in [0.15, 0.2) is 12.4 Å². The lowest BCUT2D eigenvalue weighted by Crippen LogP contribution is -2.22. The Kier molecular flexibility index (Phi) is 7.44. The maximum absolute atomic E-state index is 11.0. The molecule has 18 heavy (non-hydrogen) atoms. The molecule has 1 heterocycles. The Balaban J connectivity index is 1.86. The van der Waals surface area contributed by atoms with E-state index in [1.165, 1.54) is 0 Å². The summed E-state index contributed by atoms with van der Waals surface area (Å²) in [6.07, 6.45) is 4.35. The second-order valence-corrected chi connectivity index (χ2v) is 3.62. The molecule has 0 aliphatic heterocycles. The molecule has 0 bridgehead atoms. The zero-order valence-corrected chi connectivity index (χ0v) is 10.6. The number of ether oxygens (including phenoxy) is 1. The lowest BCUT2D eigenvalue weighted by Gasteiger charge is -2.04. The van der Waals surface area contributed by atoms with Gasteiger partial charge in [-0.25, -0.2) is 0 Å². The first kappa shape index (κ1) is 14.4. The fraction of sp³-hybridized carbons (Fsp3) is 0.583. The summed E-state index contributed by atoms with van der Waals surface area (Å²) in [7, 11) is 0. The number of hydrogen-bond acceptors (Lipinski definition) is 5. The minimum Gasteiger partial charge on any atom is -0.373 e. The molecule has 0 atom stereocenters. The van der Waals surface area contributed by atoms with Crippen LogP contribution in [-0.2, 0) is 16.1 Å². The molecule has 6 heteroatoms. The SMILES string of the molecule is CC#CC(=O)COCCCNCCn1ccnn1. The predicted octanol–water partition coefficient (Wildman–Crippen LogP) is -0.133. The van der Waals surface area contributed by atoms with E-state index in [0.29, 0.717) is 6.61 Å². The van der Waals surface area contributed by atoms with Gasteiger partial charge in [0.15, 0.2) is 0 Å². The van der Waals surface area contributed by atoms with Crippen LogP contribution in [0.4, 0.5) is 0 Å². The number of rotatable bonds is 9. The van der Waals surface area contributed by atoms with Crippen LogP contribution < -0.4 is 5.32 Å². The summed E-state index contributed by atoms with van der Waals surface area (Å²) < 4.78 is 6.95. The van der Waals surface area contributed by atoms with E-state index in [1.807, 2.05) is 6.20 Å². The van der Waals surface area contributed by atoms with Gasteiger partial charge in [0.25, 0.3) is 0 Å². The van der Waals surface area contributed by atoms with E-state index in [1.54, 1.807) is 17.8 Å². The Hall–Kier alpha value is -1.71. The van der Waals surface area contributed by atoms with Crippen molar-refractivity contribution in [2.45, 2.75) is 19.9 Å². The second kappa shape index (κ2) is 9.33. The van der Waals surface area contributed by atoms with E-state index in [9.17, 15) is 4.79 Å². The first-order valence-electron chi connectivity index (χ1n) is 5.91. The van der Waals surface area contributed by atoms with E-state index in [-0.39, 0.29) is 12.4 Å². The quantitative estimate of drug-likeness (QED) is 0.375. The van der Waals surface area contributed by atoms with E-state index in [4.69, 9.17) is 4.74 Å². The normalized spacial score (nSPS) is 9.83. The van der Waals surface area contributed by atoms with Gasteiger partial charge in [-0.3, -0.25) is 9.48 Å². The number of aromatic nitrogens is 3. The number of ketones is 1. The molecule has 0 amide bonds. The zero-order valence-electron chi connectivity index (χ0n) is 10.6. The Morgan fingerprint density at radius 3 is 3.11 bits per heavy atom. The molecule has 98 valence electrons. The summed E-state index contributed by atoms with van der Waals surface area (Å²) in [5, 5.41) is 10.8. The fourth-order valence-electron chi connectivity index (χ4n) is 1.31. The average Bonchev–Trinajstić information content (AvgIpc) is 2.86. The van der Waals surface area contributed by atoms with Crippen LogP contribution in [0.5, 0.6) is 0 Å². The number of nitrogens with zero attached hydrogens (tertiary/aromatic N) is 3. The highest BCUT2D eigenvalue weighted by molar-refractivity contribution is 5.96. The van der Waals surface area contributed by atoms with Crippen molar-refractivity contribution < 1.29 is 9.53 Å². The molecule has 0 aliphatic carbocycles. The van der Waals surface area contributed by atoms with Crippen molar-refractivity contribution in [2.24, 2.45) is 0 Å². The smallest absolute Gasteiger partial charge is 0.231 e. The summed E-state index contributed by atoms with van der Waals surface area (Å²) in [5.41, 5.74) is 0. The fourth-order valence-corrected chi connectivity index (χ4v) is 1.31.